The Kier molecular flexibility index (Phi) is 7.26. The van der Waals surface area contributed by atoms with Crippen molar-refractivity contribution in [1.29, 1.82) is 0 Å². The quantitative estimate of drug-likeness (QED) is 0.331. The van der Waals surface area contributed by atoms with E-state index in [1.165, 1.54) is 5.57 Å². The summed E-state index contributed by atoms with van der Waals surface area (Å²) in [5.74, 6) is -0.928. The Labute approximate surface area is 251 Å². The fourth-order valence-electron chi connectivity index (χ4n) is 11.2. The minimum absolute atomic E-state index is 0.0966. The molecule has 8 nitrogen and oxygen atoms in total. The molecule has 0 aromatic heterocycles. The average Bonchev–Trinajstić information content (AvgIpc) is 2.86. The molecular formula is C34H52N2O6. The van der Waals surface area contributed by atoms with E-state index < -0.39 is 18.0 Å². The highest BCUT2D eigenvalue weighted by atomic mass is 16.5. The second-order valence-corrected chi connectivity index (χ2v) is 16.5. The van der Waals surface area contributed by atoms with Crippen LogP contribution in [0.5, 0.6) is 0 Å². The van der Waals surface area contributed by atoms with E-state index >= 15 is 0 Å². The van der Waals surface area contributed by atoms with Gasteiger partial charge in [-0.3, -0.25) is 14.4 Å². The second kappa shape index (κ2) is 9.82. The van der Waals surface area contributed by atoms with Crippen molar-refractivity contribution in [2.45, 2.75) is 131 Å². The summed E-state index contributed by atoms with van der Waals surface area (Å²) in [6.45, 7) is 15.9. The Morgan fingerprint density at radius 3 is 2.26 bits per heavy atom. The Hall–Kier alpha value is -2.38. The summed E-state index contributed by atoms with van der Waals surface area (Å²) in [5, 5.41) is 12.0. The van der Waals surface area contributed by atoms with Gasteiger partial charge in [-0.05, 0) is 104 Å². The van der Waals surface area contributed by atoms with Gasteiger partial charge in [-0.2, -0.15) is 0 Å². The van der Waals surface area contributed by atoms with Gasteiger partial charge in [0.15, 0.2) is 5.78 Å². The first-order valence-corrected chi connectivity index (χ1v) is 16.1. The Balaban J connectivity index is 1.48. The van der Waals surface area contributed by atoms with Crippen LogP contribution in [0.25, 0.3) is 0 Å². The lowest BCUT2D eigenvalue weighted by atomic mass is 9.33. The van der Waals surface area contributed by atoms with Crippen LogP contribution < -0.4 is 11.1 Å². The van der Waals surface area contributed by atoms with Crippen molar-refractivity contribution in [2.75, 3.05) is 0 Å². The molecule has 8 heteroatoms. The number of rotatable bonds is 5. The fraction of sp³-hybridized carbons (Fsp3) is 0.824. The number of allylic oxidation sites excluding steroid dienone is 2. The van der Waals surface area contributed by atoms with Crippen LogP contribution in [-0.4, -0.2) is 40.5 Å². The van der Waals surface area contributed by atoms with Gasteiger partial charge in [0.05, 0.1) is 12.8 Å². The number of hydrogen-bond acceptors (Lipinski definition) is 5. The summed E-state index contributed by atoms with van der Waals surface area (Å²) in [4.78, 5) is 49.9. The zero-order valence-electron chi connectivity index (χ0n) is 26.7. The average molecular weight is 585 g/mol. The second-order valence-electron chi connectivity index (χ2n) is 16.5. The summed E-state index contributed by atoms with van der Waals surface area (Å²) in [6, 6.07) is -0.488. The molecule has 0 heterocycles. The molecule has 2 amide bonds. The van der Waals surface area contributed by atoms with Crippen LogP contribution in [0.1, 0.15) is 119 Å². The number of carboxylic acids is 1. The van der Waals surface area contributed by atoms with E-state index in [4.69, 9.17) is 15.6 Å². The molecule has 0 unspecified atom stereocenters. The van der Waals surface area contributed by atoms with Gasteiger partial charge in [0, 0.05) is 16.9 Å². The van der Waals surface area contributed by atoms with E-state index in [-0.39, 0.29) is 75.1 Å². The number of primary amides is 1. The number of nitrogens with one attached hydrogen (secondary N) is 1. The SMILES string of the molecule is CC1(C)[C@@H](OC(=O)CCC(=O)O)CC[C@]2(C)[C@H]3C(=O)C=C4[C@@H]5C[C@@](C)(NC(N)=O)CC[C@]5(C)CC[C@@]4(C)[C@]3(C)CC[C@@H]12. The molecule has 0 saturated heterocycles. The minimum Gasteiger partial charge on any atom is -0.481 e. The monoisotopic (exact) mass is 584 g/mol. The third-order valence-electron chi connectivity index (χ3n) is 13.8. The number of carbonyl (C=O) groups excluding carboxylic acids is 3. The van der Waals surface area contributed by atoms with Crippen LogP contribution in [0.15, 0.2) is 11.6 Å². The van der Waals surface area contributed by atoms with Crippen molar-refractivity contribution in [3.05, 3.63) is 11.6 Å². The lowest BCUT2D eigenvalue weighted by molar-refractivity contribution is -0.210. The summed E-state index contributed by atoms with van der Waals surface area (Å²) in [7, 11) is 0. The lowest BCUT2D eigenvalue weighted by Crippen LogP contribution is -2.67. The molecule has 0 bridgehead atoms. The van der Waals surface area contributed by atoms with Crippen LogP contribution >= 0.6 is 0 Å². The highest BCUT2D eigenvalue weighted by Crippen LogP contribution is 2.74. The molecule has 5 rings (SSSR count). The van der Waals surface area contributed by atoms with Crippen LogP contribution in [0.2, 0.25) is 0 Å². The van der Waals surface area contributed by atoms with Gasteiger partial charge in [0.1, 0.15) is 6.10 Å². The standard InChI is InChI=1S/C34H52N2O6/c1-29(2)23-10-13-34(7)27(32(23,5)12-11-24(29)42-26(40)9-8-25(38)39)22(37)18-20-21-19-31(4,36-28(35)41)16-14-30(21,3)15-17-33(20,34)6/h18,21,23-24,27H,8-17,19H2,1-7H3,(H,38,39)(H3,35,36,41)/t21-,23-,24-,27+,30+,31-,32-,33+,34+/m0/s1. The maximum atomic E-state index is 14.5. The minimum atomic E-state index is -1.00. The van der Waals surface area contributed by atoms with E-state index in [0.29, 0.717) is 6.42 Å². The number of fused-ring (bicyclic) bond motifs is 7. The summed E-state index contributed by atoms with van der Waals surface area (Å²) < 4.78 is 5.92. The number of nitrogens with two attached hydrogens (primary N) is 1. The number of esters is 1. The molecule has 234 valence electrons. The van der Waals surface area contributed by atoms with Crippen molar-refractivity contribution < 1.29 is 29.0 Å². The topological polar surface area (TPSA) is 136 Å². The molecular weight excluding hydrogens is 532 g/mol. The van der Waals surface area contributed by atoms with Crippen molar-refractivity contribution in [3.63, 3.8) is 0 Å². The molecule has 9 atom stereocenters. The smallest absolute Gasteiger partial charge is 0.312 e. The van der Waals surface area contributed by atoms with Gasteiger partial charge in [-0.1, -0.05) is 47.1 Å². The Morgan fingerprint density at radius 1 is 0.952 bits per heavy atom. The molecule has 4 saturated carbocycles. The molecule has 4 fully saturated rings. The zero-order valence-corrected chi connectivity index (χ0v) is 26.7. The normalized spacial score (nSPS) is 45.7. The molecule has 0 spiro atoms. The zero-order chi connectivity index (χ0) is 31.1. The van der Waals surface area contributed by atoms with Gasteiger partial charge >= 0.3 is 18.0 Å². The lowest BCUT2D eigenvalue weighted by Gasteiger charge is -2.70. The van der Waals surface area contributed by atoms with Crippen molar-refractivity contribution in [2.24, 2.45) is 50.6 Å². The van der Waals surface area contributed by atoms with Gasteiger partial charge in [0.2, 0.25) is 0 Å². The number of ether oxygens (including phenoxy) is 1. The first-order chi connectivity index (χ1) is 19.3. The van der Waals surface area contributed by atoms with Crippen molar-refractivity contribution >= 4 is 23.8 Å². The molecule has 0 radical (unpaired) electrons. The van der Waals surface area contributed by atoms with Gasteiger partial charge in [0.25, 0.3) is 0 Å². The molecule has 42 heavy (non-hydrogen) atoms. The number of urea groups is 1. The van der Waals surface area contributed by atoms with E-state index in [9.17, 15) is 19.2 Å². The third kappa shape index (κ3) is 4.52. The maximum Gasteiger partial charge on any atom is 0.312 e. The van der Waals surface area contributed by atoms with Crippen molar-refractivity contribution in [3.8, 4) is 0 Å². The molecule has 5 aliphatic carbocycles. The van der Waals surface area contributed by atoms with Gasteiger partial charge in [-0.25, -0.2) is 4.79 Å². The first kappa shape index (κ1) is 31.1. The highest BCUT2D eigenvalue weighted by molar-refractivity contribution is 5.95. The summed E-state index contributed by atoms with van der Waals surface area (Å²) in [6.07, 6.45) is 9.58. The summed E-state index contributed by atoms with van der Waals surface area (Å²) >= 11 is 0. The van der Waals surface area contributed by atoms with Crippen LogP contribution in [0, 0.1) is 44.8 Å². The van der Waals surface area contributed by atoms with E-state index in [1.807, 2.05) is 6.08 Å². The van der Waals surface area contributed by atoms with Gasteiger partial charge in [-0.15, -0.1) is 0 Å². The van der Waals surface area contributed by atoms with E-state index in [1.54, 1.807) is 0 Å². The number of carboxylic acid groups (broad SMARTS) is 1. The molecule has 0 aromatic rings. The highest BCUT2D eigenvalue weighted by Gasteiger charge is 2.70. The van der Waals surface area contributed by atoms with Crippen LogP contribution in [0.4, 0.5) is 4.79 Å². The van der Waals surface area contributed by atoms with Crippen LogP contribution in [0.3, 0.4) is 0 Å². The van der Waals surface area contributed by atoms with E-state index in [0.717, 1.165) is 51.4 Å². The van der Waals surface area contributed by atoms with Gasteiger partial charge < -0.3 is 20.9 Å². The molecule has 4 N–H and O–H groups in total. The number of carbonyl (C=O) groups is 4. The Bertz CT molecular complexity index is 1230. The number of ketones is 1. The first-order valence-electron chi connectivity index (χ1n) is 16.1. The molecule has 5 aliphatic rings. The number of aliphatic carboxylic acids is 1. The third-order valence-corrected chi connectivity index (χ3v) is 13.8. The predicted octanol–water partition coefficient (Wildman–Crippen LogP) is 6.16. The number of amides is 2. The van der Waals surface area contributed by atoms with Crippen molar-refractivity contribution in [1.82, 2.24) is 5.32 Å². The Morgan fingerprint density at radius 2 is 1.62 bits per heavy atom. The predicted molar refractivity (Wildman–Crippen MR) is 159 cm³/mol. The largest absolute Gasteiger partial charge is 0.481 e. The fourth-order valence-corrected chi connectivity index (χ4v) is 11.2. The number of hydrogen-bond donors (Lipinski definition) is 3. The van der Waals surface area contributed by atoms with E-state index in [2.05, 4.69) is 53.8 Å². The maximum absolute atomic E-state index is 14.5. The van der Waals surface area contributed by atoms with Crippen LogP contribution in [-0.2, 0) is 19.1 Å². The summed E-state index contributed by atoms with van der Waals surface area (Å²) in [5.41, 5.74) is 5.69. The molecule has 0 aliphatic heterocycles. The molecule has 0 aromatic carbocycles.